The predicted octanol–water partition coefficient (Wildman–Crippen LogP) is 3.29. The van der Waals surface area contributed by atoms with Gasteiger partial charge in [-0.25, -0.2) is 0 Å². The summed E-state index contributed by atoms with van der Waals surface area (Å²) < 4.78 is 0. The van der Waals surface area contributed by atoms with Crippen LogP contribution < -0.4 is 16.2 Å². The number of nitro benzene ring substituents is 1. The van der Waals surface area contributed by atoms with Gasteiger partial charge in [-0.2, -0.15) is 0 Å². The molecule has 0 spiro atoms. The number of hydrazine groups is 1. The molecule has 0 aliphatic heterocycles. The molecule has 0 atom stereocenters. The summed E-state index contributed by atoms with van der Waals surface area (Å²) in [4.78, 5) is 13.0. The van der Waals surface area contributed by atoms with Crippen molar-refractivity contribution in [2.45, 2.75) is 46.1 Å². The molecule has 1 aromatic rings. The third-order valence-corrected chi connectivity index (χ3v) is 3.29. The second kappa shape index (κ2) is 7.69. The first-order chi connectivity index (χ1) is 9.52. The number of para-hydroxylation sites is 1. The third-order valence-electron chi connectivity index (χ3n) is 3.29. The average Bonchev–Trinajstić information content (AvgIpc) is 2.42. The molecule has 1 aromatic carbocycles. The van der Waals surface area contributed by atoms with Crippen molar-refractivity contribution in [3.8, 4) is 0 Å². The molecule has 0 aliphatic carbocycles. The summed E-state index contributed by atoms with van der Waals surface area (Å²) in [5, 5.41) is 11.3. The number of nitrogens with zero attached hydrogens (tertiary/aromatic N) is 2. The molecule has 0 fully saturated rings. The molecule has 3 N–H and O–H groups in total. The molecular formula is C14H24N4O2. The standard InChI is InChI=1S/C14H24N4O2/c1-4-5-6-10-17(11(2)3)13-9-7-8-12(16-15)14(13)18(19)20/h7-9,11,16H,4-6,10,15H2,1-3H3. The topological polar surface area (TPSA) is 84.4 Å². The van der Waals surface area contributed by atoms with Crippen LogP contribution in [0.1, 0.15) is 40.0 Å². The van der Waals surface area contributed by atoms with Crippen molar-refractivity contribution in [2.75, 3.05) is 16.9 Å². The molecule has 0 amide bonds. The molecule has 20 heavy (non-hydrogen) atoms. The first-order valence-corrected chi connectivity index (χ1v) is 7.03. The summed E-state index contributed by atoms with van der Waals surface area (Å²) in [6.07, 6.45) is 3.26. The fourth-order valence-electron chi connectivity index (χ4n) is 2.26. The second-order valence-corrected chi connectivity index (χ2v) is 5.07. The first-order valence-electron chi connectivity index (χ1n) is 7.03. The summed E-state index contributed by atoms with van der Waals surface area (Å²) in [7, 11) is 0. The minimum atomic E-state index is -0.375. The molecule has 0 radical (unpaired) electrons. The van der Waals surface area contributed by atoms with Crippen molar-refractivity contribution in [1.82, 2.24) is 0 Å². The maximum Gasteiger partial charge on any atom is 0.316 e. The number of nitrogen functional groups attached to an aromatic ring is 1. The van der Waals surface area contributed by atoms with Crippen LogP contribution >= 0.6 is 0 Å². The van der Waals surface area contributed by atoms with Crippen LogP contribution in [-0.2, 0) is 0 Å². The van der Waals surface area contributed by atoms with Crippen molar-refractivity contribution in [3.63, 3.8) is 0 Å². The Bertz CT molecular complexity index is 449. The van der Waals surface area contributed by atoms with Crippen molar-refractivity contribution in [2.24, 2.45) is 5.84 Å². The number of hydrogen-bond acceptors (Lipinski definition) is 5. The minimum absolute atomic E-state index is 0.0419. The minimum Gasteiger partial charge on any atom is -0.363 e. The van der Waals surface area contributed by atoms with Gasteiger partial charge < -0.3 is 10.3 Å². The molecule has 0 saturated heterocycles. The molecule has 6 nitrogen and oxygen atoms in total. The van der Waals surface area contributed by atoms with Crippen molar-refractivity contribution >= 4 is 17.1 Å². The fourth-order valence-corrected chi connectivity index (χ4v) is 2.26. The lowest BCUT2D eigenvalue weighted by atomic mass is 10.1. The Morgan fingerprint density at radius 3 is 2.60 bits per heavy atom. The molecule has 6 heteroatoms. The zero-order valence-corrected chi connectivity index (χ0v) is 12.4. The Labute approximate surface area is 120 Å². The SMILES string of the molecule is CCCCCN(c1cccc(NN)c1[N+](=O)[O-])C(C)C. The van der Waals surface area contributed by atoms with Crippen LogP contribution in [0.3, 0.4) is 0 Å². The van der Waals surface area contributed by atoms with Crippen molar-refractivity contribution < 1.29 is 4.92 Å². The molecule has 0 unspecified atom stereocenters. The summed E-state index contributed by atoms with van der Waals surface area (Å²) in [5.74, 6) is 5.38. The summed E-state index contributed by atoms with van der Waals surface area (Å²) >= 11 is 0. The van der Waals surface area contributed by atoms with E-state index in [4.69, 9.17) is 5.84 Å². The molecular weight excluding hydrogens is 256 g/mol. The van der Waals surface area contributed by atoms with Gasteiger partial charge in [0.2, 0.25) is 0 Å². The van der Waals surface area contributed by atoms with Crippen LogP contribution in [0.4, 0.5) is 17.1 Å². The van der Waals surface area contributed by atoms with Gasteiger partial charge in [-0.15, -0.1) is 0 Å². The van der Waals surface area contributed by atoms with E-state index in [1.54, 1.807) is 18.2 Å². The summed E-state index contributed by atoms with van der Waals surface area (Å²) in [5.41, 5.74) is 3.42. The van der Waals surface area contributed by atoms with Gasteiger partial charge in [0.15, 0.2) is 0 Å². The number of rotatable bonds is 8. The van der Waals surface area contributed by atoms with Crippen LogP contribution in [0.15, 0.2) is 18.2 Å². The van der Waals surface area contributed by atoms with Gasteiger partial charge in [0.05, 0.1) is 4.92 Å². The van der Waals surface area contributed by atoms with Gasteiger partial charge in [-0.05, 0) is 32.4 Å². The molecule has 0 saturated carbocycles. The second-order valence-electron chi connectivity index (χ2n) is 5.07. The van der Waals surface area contributed by atoms with Crippen LogP contribution in [0.25, 0.3) is 0 Å². The summed E-state index contributed by atoms with van der Waals surface area (Å²) in [6.45, 7) is 7.03. The zero-order chi connectivity index (χ0) is 15.1. The third kappa shape index (κ3) is 3.84. The quantitative estimate of drug-likeness (QED) is 0.330. The van der Waals surface area contributed by atoms with Crippen molar-refractivity contribution in [3.05, 3.63) is 28.3 Å². The van der Waals surface area contributed by atoms with E-state index in [1.165, 1.54) is 0 Å². The van der Waals surface area contributed by atoms with Gasteiger partial charge in [0, 0.05) is 12.6 Å². The van der Waals surface area contributed by atoms with E-state index in [1.807, 2.05) is 13.8 Å². The smallest absolute Gasteiger partial charge is 0.316 e. The molecule has 0 heterocycles. The number of unbranched alkanes of at least 4 members (excludes halogenated alkanes) is 2. The van der Waals surface area contributed by atoms with Crippen LogP contribution in [0, 0.1) is 10.1 Å². The van der Waals surface area contributed by atoms with E-state index < -0.39 is 0 Å². The molecule has 1 rings (SSSR count). The molecule has 0 aromatic heterocycles. The van der Waals surface area contributed by atoms with Crippen LogP contribution in [0.2, 0.25) is 0 Å². The first kappa shape index (κ1) is 16.2. The van der Waals surface area contributed by atoms with Crippen LogP contribution in [0.5, 0.6) is 0 Å². The highest BCUT2D eigenvalue weighted by Gasteiger charge is 2.24. The van der Waals surface area contributed by atoms with Gasteiger partial charge in [-0.3, -0.25) is 16.0 Å². The lowest BCUT2D eigenvalue weighted by Gasteiger charge is -2.29. The molecule has 0 bridgehead atoms. The normalized spacial score (nSPS) is 10.7. The van der Waals surface area contributed by atoms with E-state index >= 15 is 0 Å². The number of anilines is 2. The zero-order valence-electron chi connectivity index (χ0n) is 12.4. The van der Waals surface area contributed by atoms with Gasteiger partial charge in [0.25, 0.3) is 0 Å². The Hall–Kier alpha value is -1.82. The number of benzene rings is 1. The Kier molecular flexibility index (Phi) is 6.24. The summed E-state index contributed by atoms with van der Waals surface area (Å²) in [6, 6.07) is 5.38. The van der Waals surface area contributed by atoms with E-state index in [0.717, 1.165) is 25.8 Å². The van der Waals surface area contributed by atoms with E-state index in [0.29, 0.717) is 11.4 Å². The lowest BCUT2D eigenvalue weighted by Crippen LogP contribution is -2.32. The fraction of sp³-hybridized carbons (Fsp3) is 0.571. The van der Waals surface area contributed by atoms with Crippen molar-refractivity contribution in [1.29, 1.82) is 0 Å². The predicted molar refractivity (Wildman–Crippen MR) is 82.9 cm³/mol. The Morgan fingerprint density at radius 2 is 2.10 bits per heavy atom. The van der Waals surface area contributed by atoms with E-state index in [9.17, 15) is 10.1 Å². The average molecular weight is 280 g/mol. The lowest BCUT2D eigenvalue weighted by molar-refractivity contribution is -0.383. The number of nitrogens with two attached hydrogens (primary N) is 1. The number of nitrogens with one attached hydrogen (secondary N) is 1. The Balaban J connectivity index is 3.15. The van der Waals surface area contributed by atoms with Gasteiger partial charge in [0.1, 0.15) is 11.4 Å². The maximum absolute atomic E-state index is 11.3. The largest absolute Gasteiger partial charge is 0.363 e. The molecule has 0 aliphatic rings. The van der Waals surface area contributed by atoms with Crippen LogP contribution in [-0.4, -0.2) is 17.5 Å². The van der Waals surface area contributed by atoms with Gasteiger partial charge >= 0.3 is 5.69 Å². The highest BCUT2D eigenvalue weighted by Crippen LogP contribution is 2.36. The van der Waals surface area contributed by atoms with E-state index in [-0.39, 0.29) is 16.7 Å². The number of hydrogen-bond donors (Lipinski definition) is 2. The highest BCUT2D eigenvalue weighted by atomic mass is 16.6. The number of nitro groups is 1. The Morgan fingerprint density at radius 1 is 1.40 bits per heavy atom. The molecule has 112 valence electrons. The highest BCUT2D eigenvalue weighted by molar-refractivity contribution is 5.76. The maximum atomic E-state index is 11.3. The van der Waals surface area contributed by atoms with E-state index in [2.05, 4.69) is 17.2 Å². The van der Waals surface area contributed by atoms with Gasteiger partial charge in [-0.1, -0.05) is 25.8 Å². The monoisotopic (exact) mass is 280 g/mol.